The maximum absolute atomic E-state index is 5.72. The third kappa shape index (κ3) is 15.2. The molecule has 192 valence electrons. The van der Waals surface area contributed by atoms with Crippen LogP contribution >= 0.6 is 0 Å². The molecule has 0 aliphatic carbocycles. The first kappa shape index (κ1) is 29.6. The van der Waals surface area contributed by atoms with Gasteiger partial charge in [0.05, 0.1) is 19.8 Å². The van der Waals surface area contributed by atoms with Gasteiger partial charge in [0.1, 0.15) is 5.82 Å². The van der Waals surface area contributed by atoms with E-state index in [1.807, 2.05) is 0 Å². The van der Waals surface area contributed by atoms with Gasteiger partial charge in [-0.25, -0.2) is 4.98 Å². The van der Waals surface area contributed by atoms with E-state index < -0.39 is 0 Å². The molecule has 1 heterocycles. The molecular formula is C27H52N4O2. The largest absolute Gasteiger partial charge is 0.379 e. The number of hydrogen-bond acceptors (Lipinski definition) is 6. The van der Waals surface area contributed by atoms with Crippen molar-refractivity contribution in [2.75, 3.05) is 50.2 Å². The summed E-state index contributed by atoms with van der Waals surface area (Å²) in [7, 11) is 0. The van der Waals surface area contributed by atoms with Crippen LogP contribution in [-0.4, -0.2) is 49.5 Å². The van der Waals surface area contributed by atoms with Crippen molar-refractivity contribution in [2.24, 2.45) is 0 Å². The highest BCUT2D eigenvalue weighted by atomic mass is 16.5. The number of rotatable bonds is 23. The predicted octanol–water partition coefficient (Wildman–Crippen LogP) is 6.93. The van der Waals surface area contributed by atoms with Crippen molar-refractivity contribution in [3.8, 4) is 0 Å². The molecule has 1 rings (SSSR count). The van der Waals surface area contributed by atoms with Crippen molar-refractivity contribution in [1.29, 1.82) is 0 Å². The SMILES string of the molecule is CCCCCCCCNc1nc(C)c(CCCCCC)c(NCCOCCOCCCC)n1. The summed E-state index contributed by atoms with van der Waals surface area (Å²) in [5.74, 6) is 1.71. The Morgan fingerprint density at radius 1 is 0.606 bits per heavy atom. The van der Waals surface area contributed by atoms with Crippen molar-refractivity contribution in [3.05, 3.63) is 11.3 Å². The molecule has 6 heteroatoms. The molecule has 0 fully saturated rings. The molecule has 0 aliphatic heterocycles. The lowest BCUT2D eigenvalue weighted by molar-refractivity contribution is 0.0505. The van der Waals surface area contributed by atoms with E-state index in [4.69, 9.17) is 19.4 Å². The normalized spacial score (nSPS) is 11.2. The number of nitrogens with zero attached hydrogens (tertiary/aromatic N) is 2. The number of ether oxygens (including phenoxy) is 2. The summed E-state index contributed by atoms with van der Waals surface area (Å²) in [6.45, 7) is 13.3. The zero-order valence-electron chi connectivity index (χ0n) is 22.1. The minimum Gasteiger partial charge on any atom is -0.379 e. The van der Waals surface area contributed by atoms with Gasteiger partial charge in [-0.2, -0.15) is 4.98 Å². The molecule has 0 spiro atoms. The van der Waals surface area contributed by atoms with E-state index in [0.717, 1.165) is 50.0 Å². The molecule has 0 bridgehead atoms. The lowest BCUT2D eigenvalue weighted by atomic mass is 10.1. The number of aromatic nitrogens is 2. The number of unbranched alkanes of at least 4 members (excludes halogenated alkanes) is 9. The summed E-state index contributed by atoms with van der Waals surface area (Å²) in [6.07, 6.45) is 16.0. The van der Waals surface area contributed by atoms with E-state index in [1.54, 1.807) is 0 Å². The Kier molecular flexibility index (Phi) is 19.0. The summed E-state index contributed by atoms with van der Waals surface area (Å²) in [6, 6.07) is 0. The van der Waals surface area contributed by atoms with Gasteiger partial charge in [0.15, 0.2) is 0 Å². The van der Waals surface area contributed by atoms with E-state index in [2.05, 4.69) is 38.3 Å². The highest BCUT2D eigenvalue weighted by molar-refractivity contribution is 5.50. The van der Waals surface area contributed by atoms with Crippen molar-refractivity contribution < 1.29 is 9.47 Å². The molecule has 0 unspecified atom stereocenters. The van der Waals surface area contributed by atoms with Gasteiger partial charge in [-0.05, 0) is 32.6 Å². The first-order valence-corrected chi connectivity index (χ1v) is 13.7. The quantitative estimate of drug-likeness (QED) is 0.171. The lowest BCUT2D eigenvalue weighted by Crippen LogP contribution is -2.16. The van der Waals surface area contributed by atoms with Gasteiger partial charge in [-0.1, -0.05) is 78.6 Å². The Bertz CT molecular complexity index is 583. The van der Waals surface area contributed by atoms with Crippen LogP contribution in [-0.2, 0) is 15.9 Å². The second-order valence-electron chi connectivity index (χ2n) is 8.97. The van der Waals surface area contributed by atoms with E-state index in [9.17, 15) is 0 Å². The summed E-state index contributed by atoms with van der Waals surface area (Å²) >= 11 is 0. The van der Waals surface area contributed by atoms with E-state index in [-0.39, 0.29) is 0 Å². The van der Waals surface area contributed by atoms with Gasteiger partial charge in [-0.3, -0.25) is 0 Å². The van der Waals surface area contributed by atoms with E-state index >= 15 is 0 Å². The molecule has 0 atom stereocenters. The minimum absolute atomic E-state index is 0.642. The summed E-state index contributed by atoms with van der Waals surface area (Å²) in [5, 5.41) is 6.96. The standard InChI is InChI=1S/C27H52N4O2/c1-5-8-11-13-14-16-18-29-27-30-24(4)25(17-15-12-9-6-2)26(31-27)28-19-21-33-23-22-32-20-10-7-3/h5-23H2,1-4H3,(H2,28,29,30,31). The number of hydrogen-bond donors (Lipinski definition) is 2. The molecule has 2 N–H and O–H groups in total. The molecule has 0 aliphatic rings. The Morgan fingerprint density at radius 3 is 1.97 bits per heavy atom. The molecule has 6 nitrogen and oxygen atoms in total. The van der Waals surface area contributed by atoms with E-state index in [1.165, 1.54) is 76.2 Å². The van der Waals surface area contributed by atoms with Gasteiger partial charge >= 0.3 is 0 Å². The highest BCUT2D eigenvalue weighted by Crippen LogP contribution is 2.21. The Morgan fingerprint density at radius 2 is 1.24 bits per heavy atom. The van der Waals surface area contributed by atoms with Crippen LogP contribution < -0.4 is 10.6 Å². The number of nitrogens with one attached hydrogen (secondary N) is 2. The zero-order chi connectivity index (χ0) is 24.0. The average Bonchev–Trinajstić information content (AvgIpc) is 2.81. The third-order valence-electron chi connectivity index (χ3n) is 5.86. The van der Waals surface area contributed by atoms with Gasteiger partial charge in [0.25, 0.3) is 0 Å². The van der Waals surface area contributed by atoms with Crippen LogP contribution in [0.25, 0.3) is 0 Å². The molecule has 1 aromatic heterocycles. The van der Waals surface area contributed by atoms with Crippen LogP contribution in [0.3, 0.4) is 0 Å². The molecule has 0 aromatic carbocycles. The van der Waals surface area contributed by atoms with Crippen LogP contribution in [0, 0.1) is 6.92 Å². The zero-order valence-corrected chi connectivity index (χ0v) is 22.1. The Labute approximate surface area is 204 Å². The van der Waals surface area contributed by atoms with Crippen LogP contribution in [0.5, 0.6) is 0 Å². The average molecular weight is 465 g/mol. The first-order valence-electron chi connectivity index (χ1n) is 13.7. The van der Waals surface area contributed by atoms with E-state index in [0.29, 0.717) is 19.8 Å². The Balaban J connectivity index is 2.50. The molecule has 1 aromatic rings. The fourth-order valence-corrected chi connectivity index (χ4v) is 3.76. The maximum Gasteiger partial charge on any atom is 0.224 e. The summed E-state index contributed by atoms with van der Waals surface area (Å²) in [5.41, 5.74) is 2.33. The van der Waals surface area contributed by atoms with Crippen molar-refractivity contribution >= 4 is 11.8 Å². The monoisotopic (exact) mass is 464 g/mol. The van der Waals surface area contributed by atoms with Gasteiger partial charge in [0.2, 0.25) is 5.95 Å². The topological polar surface area (TPSA) is 68.3 Å². The first-order chi connectivity index (χ1) is 16.2. The smallest absolute Gasteiger partial charge is 0.224 e. The van der Waals surface area contributed by atoms with Crippen molar-refractivity contribution in [3.63, 3.8) is 0 Å². The van der Waals surface area contributed by atoms with Gasteiger partial charge in [-0.15, -0.1) is 0 Å². The van der Waals surface area contributed by atoms with Gasteiger partial charge < -0.3 is 20.1 Å². The van der Waals surface area contributed by atoms with Crippen molar-refractivity contribution in [1.82, 2.24) is 9.97 Å². The fourth-order valence-electron chi connectivity index (χ4n) is 3.76. The molecule has 0 saturated heterocycles. The number of anilines is 2. The molecular weight excluding hydrogens is 412 g/mol. The predicted molar refractivity (Wildman–Crippen MR) is 142 cm³/mol. The molecule has 0 saturated carbocycles. The fraction of sp³-hybridized carbons (Fsp3) is 0.852. The van der Waals surface area contributed by atoms with Crippen LogP contribution in [0.2, 0.25) is 0 Å². The maximum atomic E-state index is 5.72. The number of aryl methyl sites for hydroxylation is 1. The molecule has 33 heavy (non-hydrogen) atoms. The summed E-state index contributed by atoms with van der Waals surface area (Å²) in [4.78, 5) is 9.60. The summed E-state index contributed by atoms with van der Waals surface area (Å²) < 4.78 is 11.3. The van der Waals surface area contributed by atoms with Gasteiger partial charge in [0, 0.05) is 31.0 Å². The van der Waals surface area contributed by atoms with Crippen LogP contribution in [0.4, 0.5) is 11.8 Å². The highest BCUT2D eigenvalue weighted by Gasteiger charge is 2.11. The van der Waals surface area contributed by atoms with Crippen LogP contribution in [0.15, 0.2) is 0 Å². The second-order valence-corrected chi connectivity index (χ2v) is 8.97. The second kappa shape index (κ2) is 21.2. The molecule has 0 amide bonds. The minimum atomic E-state index is 0.642. The van der Waals surface area contributed by atoms with Crippen LogP contribution in [0.1, 0.15) is 109 Å². The Hall–Kier alpha value is -1.40. The van der Waals surface area contributed by atoms with Crippen molar-refractivity contribution in [2.45, 2.75) is 111 Å². The molecule has 0 radical (unpaired) electrons. The lowest BCUT2D eigenvalue weighted by Gasteiger charge is -2.16. The third-order valence-corrected chi connectivity index (χ3v) is 5.86.